The molecule has 0 aliphatic carbocycles. The third kappa shape index (κ3) is 2.88. The molecule has 0 saturated carbocycles. The maximum atomic E-state index is 12.9. The topological polar surface area (TPSA) is 69.6 Å². The fourth-order valence-electron chi connectivity index (χ4n) is 2.14. The van der Waals surface area contributed by atoms with Gasteiger partial charge in [-0.2, -0.15) is 5.10 Å². The lowest BCUT2D eigenvalue weighted by Crippen LogP contribution is -2.11. The van der Waals surface area contributed by atoms with Crippen LogP contribution in [0.2, 0.25) is 0 Å². The molecule has 1 atom stereocenters. The highest BCUT2D eigenvalue weighted by Crippen LogP contribution is 2.32. The number of rotatable bonds is 4. The first-order chi connectivity index (χ1) is 11.0. The van der Waals surface area contributed by atoms with Gasteiger partial charge in [0.05, 0.1) is 10.2 Å². The van der Waals surface area contributed by atoms with Crippen molar-refractivity contribution in [3.63, 3.8) is 0 Å². The van der Waals surface area contributed by atoms with Crippen LogP contribution in [0.15, 0.2) is 33.3 Å². The van der Waals surface area contributed by atoms with Crippen LogP contribution in [0.25, 0.3) is 11.6 Å². The summed E-state index contributed by atoms with van der Waals surface area (Å²) in [7, 11) is 0. The van der Waals surface area contributed by atoms with E-state index in [4.69, 9.17) is 4.42 Å². The Morgan fingerprint density at radius 1 is 1.26 bits per heavy atom. The molecule has 0 saturated heterocycles. The summed E-state index contributed by atoms with van der Waals surface area (Å²) in [6, 6.07) is 4.84. The van der Waals surface area contributed by atoms with Crippen molar-refractivity contribution in [3.05, 3.63) is 46.1 Å². The van der Waals surface area contributed by atoms with Crippen molar-refractivity contribution in [1.29, 1.82) is 0 Å². The van der Waals surface area contributed by atoms with Gasteiger partial charge in [-0.05, 0) is 41.9 Å². The summed E-state index contributed by atoms with van der Waals surface area (Å²) in [4.78, 5) is 4.13. The maximum Gasteiger partial charge on any atom is 0.283 e. The molecule has 0 fully saturated rings. The molecule has 120 valence electrons. The van der Waals surface area contributed by atoms with Crippen LogP contribution in [0, 0.1) is 6.92 Å². The van der Waals surface area contributed by atoms with Gasteiger partial charge in [-0.25, -0.2) is 8.78 Å². The molecule has 0 aliphatic heterocycles. The molecule has 0 aliphatic rings. The molecule has 3 heterocycles. The number of aromatic nitrogens is 5. The first-order valence-electron chi connectivity index (χ1n) is 6.76. The van der Waals surface area contributed by atoms with Gasteiger partial charge in [-0.3, -0.25) is 9.67 Å². The van der Waals surface area contributed by atoms with Gasteiger partial charge in [0.15, 0.2) is 0 Å². The molecule has 6 nitrogen and oxygen atoms in total. The lowest BCUT2D eigenvalue weighted by molar-refractivity contribution is 0.144. The molecule has 0 unspecified atom stereocenters. The number of hydrogen-bond donors (Lipinski definition) is 0. The Kier molecular flexibility index (Phi) is 4.20. The highest BCUT2D eigenvalue weighted by Gasteiger charge is 2.25. The van der Waals surface area contributed by atoms with E-state index in [1.807, 2.05) is 0 Å². The molecule has 0 radical (unpaired) electrons. The maximum absolute atomic E-state index is 12.9. The summed E-state index contributed by atoms with van der Waals surface area (Å²) < 4.78 is 33.2. The predicted molar refractivity (Wildman–Crippen MR) is 81.0 cm³/mol. The van der Waals surface area contributed by atoms with Crippen molar-refractivity contribution < 1.29 is 13.2 Å². The van der Waals surface area contributed by atoms with Crippen molar-refractivity contribution in [2.45, 2.75) is 26.3 Å². The Bertz CT molecular complexity index is 818. The summed E-state index contributed by atoms with van der Waals surface area (Å²) in [5.74, 6) is 0.537. The quantitative estimate of drug-likeness (QED) is 0.682. The van der Waals surface area contributed by atoms with E-state index in [9.17, 15) is 8.78 Å². The Morgan fingerprint density at radius 3 is 2.65 bits per heavy atom. The van der Waals surface area contributed by atoms with Gasteiger partial charge >= 0.3 is 0 Å². The second-order valence-electron chi connectivity index (χ2n) is 4.87. The number of halogens is 3. The smallest absolute Gasteiger partial charge is 0.283 e. The van der Waals surface area contributed by atoms with Gasteiger partial charge in [0.1, 0.15) is 17.4 Å². The van der Waals surface area contributed by atoms with Gasteiger partial charge in [0.2, 0.25) is 5.89 Å². The fraction of sp³-hybridized carbons (Fsp3) is 0.286. The van der Waals surface area contributed by atoms with Crippen LogP contribution in [0.4, 0.5) is 8.78 Å². The third-order valence-electron chi connectivity index (χ3n) is 3.36. The van der Waals surface area contributed by atoms with E-state index in [1.54, 1.807) is 38.2 Å². The summed E-state index contributed by atoms with van der Waals surface area (Å²) in [5, 5.41) is 11.9. The minimum Gasteiger partial charge on any atom is -0.417 e. The van der Waals surface area contributed by atoms with Gasteiger partial charge in [0, 0.05) is 6.20 Å². The fourth-order valence-corrected chi connectivity index (χ4v) is 2.57. The highest BCUT2D eigenvalue weighted by atomic mass is 79.9. The molecule has 0 aromatic carbocycles. The lowest BCUT2D eigenvalue weighted by atomic mass is 10.3. The molecule has 0 spiro atoms. The molecule has 3 aromatic heterocycles. The highest BCUT2D eigenvalue weighted by molar-refractivity contribution is 9.10. The van der Waals surface area contributed by atoms with E-state index in [0.29, 0.717) is 11.4 Å². The number of nitrogens with zero attached hydrogens (tertiary/aromatic N) is 5. The Morgan fingerprint density at radius 2 is 2.04 bits per heavy atom. The first-order valence-corrected chi connectivity index (χ1v) is 7.55. The Balaban J connectivity index is 1.94. The molecule has 3 rings (SSSR count). The predicted octanol–water partition coefficient (Wildman–Crippen LogP) is 3.95. The molecule has 0 bridgehead atoms. The van der Waals surface area contributed by atoms with Crippen LogP contribution in [-0.2, 0) is 0 Å². The average molecular weight is 384 g/mol. The van der Waals surface area contributed by atoms with E-state index >= 15 is 0 Å². The van der Waals surface area contributed by atoms with Crippen molar-refractivity contribution in [1.82, 2.24) is 25.0 Å². The minimum absolute atomic E-state index is 0.268. The van der Waals surface area contributed by atoms with Gasteiger partial charge < -0.3 is 4.42 Å². The molecule has 9 heteroatoms. The average Bonchev–Trinajstić information content (AvgIpc) is 3.14. The third-order valence-corrected chi connectivity index (χ3v) is 4.34. The van der Waals surface area contributed by atoms with Crippen molar-refractivity contribution in [2.75, 3.05) is 0 Å². The largest absolute Gasteiger partial charge is 0.417 e. The van der Waals surface area contributed by atoms with Gasteiger partial charge in [-0.15, -0.1) is 10.2 Å². The standard InChI is InChI=1S/C14H12BrF2N5O/c1-7-10(15)11(12(16)17)21-22(7)8(2)13-19-20-14(23-13)9-5-3-4-6-18-9/h3-6,8,12H,1-2H3/t8-/m0/s1. The monoisotopic (exact) mass is 383 g/mol. The van der Waals surface area contributed by atoms with Gasteiger partial charge in [-0.1, -0.05) is 6.07 Å². The van der Waals surface area contributed by atoms with Crippen LogP contribution in [0.5, 0.6) is 0 Å². The van der Waals surface area contributed by atoms with Crippen molar-refractivity contribution >= 4 is 15.9 Å². The van der Waals surface area contributed by atoms with E-state index in [2.05, 4.69) is 36.2 Å². The second kappa shape index (κ2) is 6.15. The molecule has 0 amide bonds. The molecule has 23 heavy (non-hydrogen) atoms. The van der Waals surface area contributed by atoms with Crippen LogP contribution >= 0.6 is 15.9 Å². The zero-order valence-corrected chi connectivity index (χ0v) is 13.8. The Hall–Kier alpha value is -2.16. The molecule has 3 aromatic rings. The Labute approximate surface area is 138 Å². The van der Waals surface area contributed by atoms with E-state index in [0.717, 1.165) is 0 Å². The SMILES string of the molecule is Cc1c(Br)c(C(F)F)nn1[C@@H](C)c1nnc(-c2ccccn2)o1. The summed E-state index contributed by atoms with van der Waals surface area (Å²) in [6.07, 6.45) is -1.05. The minimum atomic E-state index is -2.66. The number of pyridine rings is 1. The van der Waals surface area contributed by atoms with Crippen LogP contribution in [-0.4, -0.2) is 25.0 Å². The van der Waals surface area contributed by atoms with Crippen LogP contribution in [0.1, 0.15) is 36.7 Å². The number of hydrogen-bond acceptors (Lipinski definition) is 5. The zero-order valence-electron chi connectivity index (χ0n) is 12.2. The van der Waals surface area contributed by atoms with Crippen LogP contribution < -0.4 is 0 Å². The van der Waals surface area contributed by atoms with E-state index in [1.165, 1.54) is 4.68 Å². The van der Waals surface area contributed by atoms with Gasteiger partial charge in [0.25, 0.3) is 12.3 Å². The zero-order chi connectivity index (χ0) is 16.6. The van der Waals surface area contributed by atoms with Crippen LogP contribution in [0.3, 0.4) is 0 Å². The summed E-state index contributed by atoms with van der Waals surface area (Å²) in [5.41, 5.74) is 0.800. The number of alkyl halides is 2. The first kappa shape index (κ1) is 15.7. The molecular weight excluding hydrogens is 372 g/mol. The lowest BCUT2D eigenvalue weighted by Gasteiger charge is -2.09. The van der Waals surface area contributed by atoms with E-state index in [-0.39, 0.29) is 21.9 Å². The van der Waals surface area contributed by atoms with E-state index < -0.39 is 12.5 Å². The summed E-state index contributed by atoms with van der Waals surface area (Å²) >= 11 is 3.14. The molecule has 0 N–H and O–H groups in total. The summed E-state index contributed by atoms with van der Waals surface area (Å²) in [6.45, 7) is 3.44. The molecular formula is C14H12BrF2N5O. The van der Waals surface area contributed by atoms with Crippen molar-refractivity contribution in [2.24, 2.45) is 0 Å². The van der Waals surface area contributed by atoms with Crippen molar-refractivity contribution in [3.8, 4) is 11.6 Å². The normalized spacial score (nSPS) is 12.8. The second-order valence-corrected chi connectivity index (χ2v) is 5.66.